The van der Waals surface area contributed by atoms with Gasteiger partial charge in [0.25, 0.3) is 0 Å². The Balaban J connectivity index is 1.69. The second-order valence-corrected chi connectivity index (χ2v) is 5.35. The van der Waals surface area contributed by atoms with Crippen LogP contribution in [0.4, 0.5) is 0 Å². The number of carbonyl (C=O) groups is 1. The zero-order valence-corrected chi connectivity index (χ0v) is 9.52. The lowest BCUT2D eigenvalue weighted by molar-refractivity contribution is -0.141. The van der Waals surface area contributed by atoms with E-state index in [0.717, 1.165) is 25.9 Å². The Bertz CT molecular complexity index is 478. The molecule has 1 aromatic carbocycles. The van der Waals surface area contributed by atoms with Crippen molar-refractivity contribution in [1.82, 2.24) is 4.90 Å². The summed E-state index contributed by atoms with van der Waals surface area (Å²) in [6.45, 7) is 1.85. The van der Waals surface area contributed by atoms with E-state index >= 15 is 0 Å². The fourth-order valence-electron chi connectivity index (χ4n) is 3.25. The first-order valence-electron chi connectivity index (χ1n) is 5.81. The summed E-state index contributed by atoms with van der Waals surface area (Å²) in [7, 11) is 0. The Morgan fingerprint density at radius 1 is 1.29 bits per heavy atom. The standard InChI is InChI=1S/C13H15NO3/c15-11-2-1-9-4-13(5-10(9)3-11)7-14(8-13)6-12(16)17/h1-3,15H,4-8H2,(H,16,17). The van der Waals surface area contributed by atoms with Gasteiger partial charge in [-0.1, -0.05) is 6.07 Å². The molecule has 90 valence electrons. The number of fused-ring (bicyclic) bond motifs is 1. The van der Waals surface area contributed by atoms with Gasteiger partial charge >= 0.3 is 5.97 Å². The van der Waals surface area contributed by atoms with Crippen LogP contribution >= 0.6 is 0 Å². The molecule has 1 aromatic rings. The minimum atomic E-state index is -0.756. The number of phenols is 1. The molecular formula is C13H15NO3. The number of phenolic OH excluding ortho intramolecular Hbond substituents is 1. The molecule has 0 amide bonds. The Morgan fingerprint density at radius 3 is 2.71 bits per heavy atom. The van der Waals surface area contributed by atoms with Crippen molar-refractivity contribution in [2.45, 2.75) is 12.8 Å². The number of hydrogen-bond donors (Lipinski definition) is 2. The van der Waals surface area contributed by atoms with E-state index in [1.54, 1.807) is 6.07 Å². The van der Waals surface area contributed by atoms with Gasteiger partial charge in [0.05, 0.1) is 6.54 Å². The van der Waals surface area contributed by atoms with Gasteiger partial charge in [-0.3, -0.25) is 9.69 Å². The quantitative estimate of drug-likeness (QED) is 0.796. The van der Waals surface area contributed by atoms with Crippen molar-refractivity contribution in [3.05, 3.63) is 29.3 Å². The van der Waals surface area contributed by atoms with Crippen LogP contribution in [0.5, 0.6) is 5.75 Å². The lowest BCUT2D eigenvalue weighted by atomic mass is 9.77. The predicted octanol–water partition coefficient (Wildman–Crippen LogP) is 0.877. The van der Waals surface area contributed by atoms with Gasteiger partial charge in [-0.2, -0.15) is 0 Å². The molecule has 1 saturated heterocycles. The van der Waals surface area contributed by atoms with Crippen LogP contribution in [0.1, 0.15) is 11.1 Å². The molecule has 0 aromatic heterocycles. The lowest BCUT2D eigenvalue weighted by Gasteiger charge is -2.47. The third kappa shape index (κ3) is 1.78. The third-order valence-corrected chi connectivity index (χ3v) is 3.80. The summed E-state index contributed by atoms with van der Waals surface area (Å²) in [5.74, 6) is -0.435. The second kappa shape index (κ2) is 3.47. The van der Waals surface area contributed by atoms with Crippen molar-refractivity contribution in [2.75, 3.05) is 19.6 Å². The molecule has 4 heteroatoms. The first-order chi connectivity index (χ1) is 8.06. The molecule has 0 saturated carbocycles. The van der Waals surface area contributed by atoms with Crippen LogP contribution in [-0.4, -0.2) is 40.7 Å². The first-order valence-corrected chi connectivity index (χ1v) is 5.81. The molecular weight excluding hydrogens is 218 g/mol. The molecule has 0 bridgehead atoms. The minimum Gasteiger partial charge on any atom is -0.508 e. The van der Waals surface area contributed by atoms with Gasteiger partial charge in [0.1, 0.15) is 5.75 Å². The summed E-state index contributed by atoms with van der Waals surface area (Å²) in [5.41, 5.74) is 2.75. The maximum Gasteiger partial charge on any atom is 0.317 e. The predicted molar refractivity (Wildman–Crippen MR) is 62.0 cm³/mol. The minimum absolute atomic E-state index is 0.142. The van der Waals surface area contributed by atoms with Crippen molar-refractivity contribution in [3.8, 4) is 5.75 Å². The average molecular weight is 233 g/mol. The van der Waals surface area contributed by atoms with Gasteiger partial charge in [-0.25, -0.2) is 0 Å². The largest absolute Gasteiger partial charge is 0.508 e. The SMILES string of the molecule is O=C(O)CN1CC2(Cc3ccc(O)cc3C2)C1. The Kier molecular flexibility index (Phi) is 2.16. The second-order valence-electron chi connectivity index (χ2n) is 5.35. The van der Waals surface area contributed by atoms with E-state index in [0.29, 0.717) is 5.75 Å². The molecule has 1 heterocycles. The van der Waals surface area contributed by atoms with Gasteiger partial charge in [-0.05, 0) is 36.1 Å². The van der Waals surface area contributed by atoms with Gasteiger partial charge in [0, 0.05) is 18.5 Å². The molecule has 0 radical (unpaired) electrons. The van der Waals surface area contributed by atoms with Crippen molar-refractivity contribution >= 4 is 5.97 Å². The van der Waals surface area contributed by atoms with E-state index in [9.17, 15) is 9.90 Å². The highest BCUT2D eigenvalue weighted by Crippen LogP contribution is 2.44. The summed E-state index contributed by atoms with van der Waals surface area (Å²) in [6, 6.07) is 5.55. The average Bonchev–Trinajstić information content (AvgIpc) is 2.54. The van der Waals surface area contributed by atoms with Gasteiger partial charge < -0.3 is 10.2 Å². The Labute approximate surface area is 99.5 Å². The summed E-state index contributed by atoms with van der Waals surface area (Å²) in [5, 5.41) is 18.2. The number of benzene rings is 1. The third-order valence-electron chi connectivity index (χ3n) is 3.80. The fourth-order valence-corrected chi connectivity index (χ4v) is 3.25. The van der Waals surface area contributed by atoms with Gasteiger partial charge in [-0.15, -0.1) is 0 Å². The van der Waals surface area contributed by atoms with Gasteiger partial charge in [0.2, 0.25) is 0 Å². The summed E-state index contributed by atoms with van der Waals surface area (Å²) >= 11 is 0. The van der Waals surface area contributed by atoms with Crippen LogP contribution in [0.25, 0.3) is 0 Å². The summed E-state index contributed by atoms with van der Waals surface area (Å²) in [6.07, 6.45) is 1.98. The van der Waals surface area contributed by atoms with Crippen LogP contribution in [-0.2, 0) is 17.6 Å². The molecule has 1 spiro atoms. The maximum atomic E-state index is 10.6. The van der Waals surface area contributed by atoms with Crippen LogP contribution < -0.4 is 0 Å². The van der Waals surface area contributed by atoms with Gasteiger partial charge in [0.15, 0.2) is 0 Å². The van der Waals surface area contributed by atoms with E-state index in [4.69, 9.17) is 5.11 Å². The molecule has 0 atom stereocenters. The van der Waals surface area contributed by atoms with Crippen LogP contribution in [0.15, 0.2) is 18.2 Å². The normalized spacial score (nSPS) is 21.2. The number of nitrogens with zero attached hydrogens (tertiary/aromatic N) is 1. The Hall–Kier alpha value is -1.55. The zero-order chi connectivity index (χ0) is 12.0. The molecule has 1 fully saturated rings. The van der Waals surface area contributed by atoms with E-state index in [2.05, 4.69) is 0 Å². The van der Waals surface area contributed by atoms with Crippen molar-refractivity contribution in [2.24, 2.45) is 5.41 Å². The number of carboxylic acids is 1. The van der Waals surface area contributed by atoms with Crippen LogP contribution in [0.2, 0.25) is 0 Å². The highest BCUT2D eigenvalue weighted by Gasteiger charge is 2.47. The maximum absolute atomic E-state index is 10.6. The summed E-state index contributed by atoms with van der Waals surface area (Å²) in [4.78, 5) is 12.6. The monoisotopic (exact) mass is 233 g/mol. The summed E-state index contributed by atoms with van der Waals surface area (Å²) < 4.78 is 0. The number of aliphatic carboxylic acids is 1. The molecule has 2 N–H and O–H groups in total. The molecule has 4 nitrogen and oxygen atoms in total. The van der Waals surface area contributed by atoms with E-state index < -0.39 is 5.97 Å². The highest BCUT2D eigenvalue weighted by molar-refractivity contribution is 5.69. The molecule has 0 unspecified atom stereocenters. The van der Waals surface area contributed by atoms with Crippen molar-refractivity contribution in [1.29, 1.82) is 0 Å². The highest BCUT2D eigenvalue weighted by atomic mass is 16.4. The lowest BCUT2D eigenvalue weighted by Crippen LogP contribution is -2.58. The van der Waals surface area contributed by atoms with E-state index in [1.165, 1.54) is 11.1 Å². The smallest absolute Gasteiger partial charge is 0.317 e. The van der Waals surface area contributed by atoms with Crippen molar-refractivity contribution in [3.63, 3.8) is 0 Å². The Morgan fingerprint density at radius 2 is 2.00 bits per heavy atom. The topological polar surface area (TPSA) is 60.8 Å². The molecule has 2 aliphatic rings. The van der Waals surface area contributed by atoms with Crippen LogP contribution in [0.3, 0.4) is 0 Å². The number of carboxylic acid groups (broad SMARTS) is 1. The molecule has 1 aliphatic heterocycles. The van der Waals surface area contributed by atoms with Crippen molar-refractivity contribution < 1.29 is 15.0 Å². The van der Waals surface area contributed by atoms with E-state index in [-0.39, 0.29) is 12.0 Å². The number of hydrogen-bond acceptors (Lipinski definition) is 3. The van der Waals surface area contributed by atoms with E-state index in [1.807, 2.05) is 17.0 Å². The molecule has 3 rings (SSSR count). The first kappa shape index (κ1) is 10.6. The molecule has 1 aliphatic carbocycles. The van der Waals surface area contributed by atoms with Crippen LogP contribution in [0, 0.1) is 5.41 Å². The number of likely N-dealkylation sites (tertiary alicyclic amines) is 1. The number of aromatic hydroxyl groups is 1. The number of rotatable bonds is 2. The zero-order valence-electron chi connectivity index (χ0n) is 9.52. The molecule has 17 heavy (non-hydrogen) atoms. The fraction of sp³-hybridized carbons (Fsp3) is 0.462.